The molecule has 0 spiro atoms. The summed E-state index contributed by atoms with van der Waals surface area (Å²) in [5.74, 6) is 0.865. The minimum absolute atomic E-state index is 0.00390. The number of benzene rings is 2. The highest BCUT2D eigenvalue weighted by atomic mass is 16.5. The van der Waals surface area contributed by atoms with E-state index in [1.165, 1.54) is 5.56 Å². The molecule has 0 fully saturated rings. The summed E-state index contributed by atoms with van der Waals surface area (Å²) in [6, 6.07) is 18.4. The molecule has 0 bridgehead atoms. The fourth-order valence-corrected chi connectivity index (χ4v) is 3.44. The second-order valence-corrected chi connectivity index (χ2v) is 7.79. The van der Waals surface area contributed by atoms with Crippen molar-refractivity contribution in [1.82, 2.24) is 10.2 Å². The molecule has 0 heterocycles. The molecule has 0 aliphatic rings. The van der Waals surface area contributed by atoms with E-state index >= 15 is 0 Å². The normalized spacial score (nSPS) is 12.3. The topological polar surface area (TPSA) is 41.6 Å². The van der Waals surface area contributed by atoms with Crippen molar-refractivity contribution in [3.05, 3.63) is 65.7 Å². The van der Waals surface area contributed by atoms with Crippen molar-refractivity contribution in [1.29, 1.82) is 0 Å². The minimum atomic E-state index is -0.0405. The summed E-state index contributed by atoms with van der Waals surface area (Å²) in [5.41, 5.74) is 2.40. The second-order valence-electron chi connectivity index (χ2n) is 7.79. The third-order valence-corrected chi connectivity index (χ3v) is 5.00. The van der Waals surface area contributed by atoms with Crippen LogP contribution in [0.5, 0.6) is 5.75 Å². The quantitative estimate of drug-likeness (QED) is 0.738. The number of rotatable bonds is 8. The van der Waals surface area contributed by atoms with E-state index in [2.05, 4.69) is 50.4 Å². The van der Waals surface area contributed by atoms with Gasteiger partial charge in [0, 0.05) is 19.6 Å². The van der Waals surface area contributed by atoms with E-state index in [1.54, 1.807) is 12.0 Å². The molecule has 1 atom stereocenters. The fraction of sp³-hybridized carbons (Fsp3) is 0.435. The van der Waals surface area contributed by atoms with Crippen LogP contribution in [0.4, 0.5) is 4.79 Å². The lowest BCUT2D eigenvalue weighted by atomic mass is 9.79. The first-order valence-corrected chi connectivity index (χ1v) is 9.52. The van der Waals surface area contributed by atoms with Crippen LogP contribution in [-0.4, -0.2) is 37.7 Å². The van der Waals surface area contributed by atoms with E-state index in [0.717, 1.165) is 24.2 Å². The monoisotopic (exact) mass is 368 g/mol. The van der Waals surface area contributed by atoms with Crippen LogP contribution in [0.2, 0.25) is 0 Å². The third-order valence-electron chi connectivity index (χ3n) is 5.00. The molecule has 2 aromatic rings. The van der Waals surface area contributed by atoms with Crippen molar-refractivity contribution >= 4 is 6.03 Å². The molecule has 2 aromatic carbocycles. The van der Waals surface area contributed by atoms with E-state index in [0.29, 0.717) is 6.54 Å². The Labute approximate surface area is 163 Å². The number of carbonyl (C=O) groups is 1. The maximum atomic E-state index is 12.5. The van der Waals surface area contributed by atoms with Gasteiger partial charge >= 0.3 is 6.03 Å². The van der Waals surface area contributed by atoms with Crippen molar-refractivity contribution in [3.8, 4) is 5.75 Å². The van der Waals surface area contributed by atoms with Crippen molar-refractivity contribution < 1.29 is 9.53 Å². The van der Waals surface area contributed by atoms with Gasteiger partial charge in [0.15, 0.2) is 0 Å². The Bertz CT molecular complexity index is 728. The zero-order chi connectivity index (χ0) is 19.9. The van der Waals surface area contributed by atoms with Gasteiger partial charge in [-0.1, -0.05) is 62.4 Å². The van der Waals surface area contributed by atoms with Gasteiger partial charge in [-0.2, -0.15) is 0 Å². The molecular weight excluding hydrogens is 336 g/mol. The first-order valence-electron chi connectivity index (χ1n) is 9.52. The molecule has 0 saturated heterocycles. The van der Waals surface area contributed by atoms with Crippen LogP contribution in [0.3, 0.4) is 0 Å². The molecule has 0 radical (unpaired) electrons. The molecule has 2 rings (SSSR count). The lowest BCUT2D eigenvalue weighted by Gasteiger charge is -2.30. The van der Waals surface area contributed by atoms with Crippen LogP contribution in [0.15, 0.2) is 54.6 Å². The average molecular weight is 369 g/mol. The van der Waals surface area contributed by atoms with E-state index < -0.39 is 0 Å². The van der Waals surface area contributed by atoms with Crippen LogP contribution in [0.25, 0.3) is 0 Å². The molecule has 1 unspecified atom stereocenters. The van der Waals surface area contributed by atoms with E-state index in [-0.39, 0.29) is 17.5 Å². The standard InChI is InChI=1S/C23H32N2O2/c1-18(17-23(2,3)20-12-7-6-8-13-20)24-22(26)25(4)16-15-19-11-9-10-14-21(19)27-5/h6-14,18H,15-17H2,1-5H3,(H,24,26). The van der Waals surface area contributed by atoms with E-state index in [1.807, 2.05) is 37.4 Å². The Balaban J connectivity index is 1.86. The first kappa shape index (κ1) is 20.8. The predicted octanol–water partition coefficient (Wildman–Crippen LogP) is 4.64. The zero-order valence-corrected chi connectivity index (χ0v) is 17.2. The number of methoxy groups -OCH3 is 1. The molecular formula is C23H32N2O2. The molecule has 4 nitrogen and oxygen atoms in total. The van der Waals surface area contributed by atoms with Gasteiger partial charge < -0.3 is 15.0 Å². The summed E-state index contributed by atoms with van der Waals surface area (Å²) in [5, 5.41) is 3.13. The van der Waals surface area contributed by atoms with Crippen molar-refractivity contribution in [2.24, 2.45) is 0 Å². The average Bonchev–Trinajstić information content (AvgIpc) is 2.66. The summed E-state index contributed by atoms with van der Waals surface area (Å²) < 4.78 is 5.38. The number of ether oxygens (including phenoxy) is 1. The van der Waals surface area contributed by atoms with Gasteiger partial charge in [0.2, 0.25) is 0 Å². The van der Waals surface area contributed by atoms with Gasteiger partial charge in [-0.15, -0.1) is 0 Å². The van der Waals surface area contributed by atoms with Crippen molar-refractivity contribution in [2.45, 2.75) is 45.1 Å². The van der Waals surface area contributed by atoms with Gasteiger partial charge in [-0.05, 0) is 42.4 Å². The largest absolute Gasteiger partial charge is 0.496 e. The highest BCUT2D eigenvalue weighted by Crippen LogP contribution is 2.28. The van der Waals surface area contributed by atoms with Crippen molar-refractivity contribution in [3.63, 3.8) is 0 Å². The van der Waals surface area contributed by atoms with Crippen LogP contribution >= 0.6 is 0 Å². The second kappa shape index (κ2) is 9.45. The zero-order valence-electron chi connectivity index (χ0n) is 17.2. The Morgan fingerprint density at radius 2 is 1.74 bits per heavy atom. The number of urea groups is 1. The number of hydrogen-bond donors (Lipinski definition) is 1. The number of amides is 2. The Hall–Kier alpha value is -2.49. The molecule has 4 heteroatoms. The number of para-hydroxylation sites is 1. The lowest BCUT2D eigenvalue weighted by Crippen LogP contribution is -2.44. The fourth-order valence-electron chi connectivity index (χ4n) is 3.44. The molecule has 0 aliphatic carbocycles. The Kier molecular flexibility index (Phi) is 7.28. The molecule has 2 amide bonds. The van der Waals surface area contributed by atoms with Gasteiger partial charge in [0.25, 0.3) is 0 Å². The van der Waals surface area contributed by atoms with Crippen LogP contribution in [-0.2, 0) is 11.8 Å². The van der Waals surface area contributed by atoms with Gasteiger partial charge in [0.05, 0.1) is 7.11 Å². The van der Waals surface area contributed by atoms with Crippen LogP contribution in [0, 0.1) is 0 Å². The minimum Gasteiger partial charge on any atom is -0.496 e. The summed E-state index contributed by atoms with van der Waals surface area (Å²) in [6.07, 6.45) is 1.64. The van der Waals surface area contributed by atoms with Gasteiger partial charge in [0.1, 0.15) is 5.75 Å². The van der Waals surface area contributed by atoms with Crippen molar-refractivity contribution in [2.75, 3.05) is 20.7 Å². The summed E-state index contributed by atoms with van der Waals surface area (Å²) in [7, 11) is 3.51. The maximum absolute atomic E-state index is 12.5. The lowest BCUT2D eigenvalue weighted by molar-refractivity contribution is 0.203. The number of hydrogen-bond acceptors (Lipinski definition) is 2. The summed E-state index contributed by atoms with van der Waals surface area (Å²) >= 11 is 0. The van der Waals surface area contributed by atoms with Gasteiger partial charge in [-0.3, -0.25) is 0 Å². The highest BCUT2D eigenvalue weighted by molar-refractivity contribution is 5.74. The Morgan fingerprint density at radius 1 is 1.11 bits per heavy atom. The van der Waals surface area contributed by atoms with E-state index in [9.17, 15) is 4.79 Å². The predicted molar refractivity (Wildman–Crippen MR) is 111 cm³/mol. The summed E-state index contributed by atoms with van der Waals surface area (Å²) in [6.45, 7) is 7.14. The number of nitrogens with one attached hydrogen (secondary N) is 1. The van der Waals surface area contributed by atoms with Crippen LogP contribution in [0.1, 0.15) is 38.3 Å². The highest BCUT2D eigenvalue weighted by Gasteiger charge is 2.24. The molecule has 27 heavy (non-hydrogen) atoms. The number of carbonyl (C=O) groups excluding carboxylic acids is 1. The van der Waals surface area contributed by atoms with Gasteiger partial charge in [-0.25, -0.2) is 4.79 Å². The third kappa shape index (κ3) is 6.02. The summed E-state index contributed by atoms with van der Waals surface area (Å²) in [4.78, 5) is 14.3. The molecule has 0 aromatic heterocycles. The smallest absolute Gasteiger partial charge is 0.317 e. The Morgan fingerprint density at radius 3 is 2.41 bits per heavy atom. The number of nitrogens with zero attached hydrogens (tertiary/aromatic N) is 1. The molecule has 146 valence electrons. The molecule has 0 saturated carbocycles. The SMILES string of the molecule is COc1ccccc1CCN(C)C(=O)NC(C)CC(C)(C)c1ccccc1. The molecule has 0 aliphatic heterocycles. The first-order chi connectivity index (χ1) is 12.8. The van der Waals surface area contributed by atoms with E-state index in [4.69, 9.17) is 4.74 Å². The number of likely N-dealkylation sites (N-methyl/N-ethyl adjacent to an activating group) is 1. The van der Waals surface area contributed by atoms with Crippen LogP contribution < -0.4 is 10.1 Å². The maximum Gasteiger partial charge on any atom is 0.317 e. The molecule has 1 N–H and O–H groups in total.